The molecule has 0 saturated heterocycles. The lowest BCUT2D eigenvalue weighted by Gasteiger charge is -2.32. The summed E-state index contributed by atoms with van der Waals surface area (Å²) in [5, 5.41) is 8.97. The fraction of sp³-hybridized carbons (Fsp3) is 0.600. The molecule has 88 valence electrons. The number of halogens is 2. The first-order valence-electron chi connectivity index (χ1n) is 4.98. The number of hydrogen-bond acceptors (Lipinski definition) is 3. The highest BCUT2D eigenvalue weighted by Crippen LogP contribution is 2.44. The molecule has 1 aromatic heterocycles. The molecule has 0 aliphatic heterocycles. The molecule has 1 saturated carbocycles. The molecule has 1 heterocycles. The third kappa shape index (κ3) is 2.05. The Bertz CT molecular complexity index is 377. The summed E-state index contributed by atoms with van der Waals surface area (Å²) >= 11 is 0. The molecule has 1 aromatic rings. The molecule has 6 heteroatoms. The van der Waals surface area contributed by atoms with Crippen LogP contribution in [-0.2, 0) is 4.79 Å². The van der Waals surface area contributed by atoms with Gasteiger partial charge >= 0.3 is 5.97 Å². The predicted octanol–water partition coefficient (Wildman–Crippen LogP) is 2.28. The zero-order valence-electron chi connectivity index (χ0n) is 8.40. The second-order valence-electron chi connectivity index (χ2n) is 4.06. The monoisotopic (exact) mass is 231 g/mol. The van der Waals surface area contributed by atoms with Crippen LogP contribution in [0.3, 0.4) is 0 Å². The van der Waals surface area contributed by atoms with Crippen LogP contribution in [0.25, 0.3) is 0 Å². The normalized spacial score (nSPS) is 28.9. The lowest BCUT2D eigenvalue weighted by Crippen LogP contribution is -2.35. The molecular weight excluding hydrogens is 220 g/mol. The van der Waals surface area contributed by atoms with Gasteiger partial charge in [0.1, 0.15) is 6.26 Å². The molecule has 0 bridgehead atoms. The number of nitrogens with zero attached hydrogens (tertiary/aromatic N) is 1. The van der Waals surface area contributed by atoms with E-state index in [4.69, 9.17) is 9.52 Å². The summed E-state index contributed by atoms with van der Waals surface area (Å²) in [5.74, 6) is -5.43. The summed E-state index contributed by atoms with van der Waals surface area (Å²) in [7, 11) is 0. The summed E-state index contributed by atoms with van der Waals surface area (Å²) in [6.45, 7) is 0. The van der Waals surface area contributed by atoms with Crippen molar-refractivity contribution >= 4 is 5.97 Å². The third-order valence-corrected chi connectivity index (χ3v) is 2.97. The van der Waals surface area contributed by atoms with Crippen LogP contribution in [0.4, 0.5) is 8.78 Å². The standard InChI is InChI=1S/C10H11F2NO3/c11-10(12)2-1-6(9(14)15)7(3-10)8-4-16-5-13-8/h4-7H,1-3H2,(H,14,15). The molecule has 1 fully saturated rings. The van der Waals surface area contributed by atoms with Gasteiger partial charge < -0.3 is 9.52 Å². The number of aliphatic carboxylic acids is 1. The van der Waals surface area contributed by atoms with E-state index < -0.39 is 30.1 Å². The second-order valence-corrected chi connectivity index (χ2v) is 4.06. The van der Waals surface area contributed by atoms with Gasteiger partial charge in [-0.05, 0) is 6.42 Å². The number of carboxylic acids is 1. The maximum atomic E-state index is 13.2. The maximum absolute atomic E-state index is 13.2. The van der Waals surface area contributed by atoms with Crippen molar-refractivity contribution in [2.45, 2.75) is 31.1 Å². The lowest BCUT2D eigenvalue weighted by atomic mass is 9.76. The number of oxazole rings is 1. The van der Waals surface area contributed by atoms with E-state index in [-0.39, 0.29) is 12.8 Å². The average Bonchev–Trinajstić information content (AvgIpc) is 2.68. The molecule has 0 spiro atoms. The molecule has 4 nitrogen and oxygen atoms in total. The number of hydrogen-bond donors (Lipinski definition) is 1. The summed E-state index contributed by atoms with van der Waals surface area (Å²) in [5.41, 5.74) is 0.298. The number of alkyl halides is 2. The lowest BCUT2D eigenvalue weighted by molar-refractivity contribution is -0.147. The topological polar surface area (TPSA) is 63.3 Å². The summed E-state index contributed by atoms with van der Waals surface area (Å²) < 4.78 is 31.2. The van der Waals surface area contributed by atoms with Crippen LogP contribution in [0, 0.1) is 5.92 Å². The molecular formula is C10H11F2NO3. The highest BCUT2D eigenvalue weighted by Gasteiger charge is 2.45. The Kier molecular flexibility index (Phi) is 2.65. The smallest absolute Gasteiger partial charge is 0.307 e. The number of aromatic nitrogens is 1. The van der Waals surface area contributed by atoms with Crippen LogP contribution in [0.15, 0.2) is 17.1 Å². The minimum Gasteiger partial charge on any atom is -0.481 e. The Balaban J connectivity index is 2.25. The van der Waals surface area contributed by atoms with Gasteiger partial charge in [0.2, 0.25) is 5.92 Å². The third-order valence-electron chi connectivity index (χ3n) is 2.97. The maximum Gasteiger partial charge on any atom is 0.307 e. The Morgan fingerprint density at radius 1 is 1.62 bits per heavy atom. The average molecular weight is 231 g/mol. The van der Waals surface area contributed by atoms with E-state index in [0.717, 1.165) is 6.39 Å². The Labute approximate surface area is 90.3 Å². The van der Waals surface area contributed by atoms with Crippen LogP contribution in [0.2, 0.25) is 0 Å². The minimum atomic E-state index is -2.81. The molecule has 16 heavy (non-hydrogen) atoms. The fourth-order valence-electron chi connectivity index (χ4n) is 2.15. The highest BCUT2D eigenvalue weighted by atomic mass is 19.3. The second kappa shape index (κ2) is 3.84. The molecule has 0 amide bonds. The van der Waals surface area contributed by atoms with Gasteiger partial charge in [0.05, 0.1) is 11.6 Å². The van der Waals surface area contributed by atoms with E-state index in [0.29, 0.717) is 5.69 Å². The first-order chi connectivity index (χ1) is 7.49. The largest absolute Gasteiger partial charge is 0.481 e. The van der Waals surface area contributed by atoms with Gasteiger partial charge in [0.15, 0.2) is 6.39 Å². The number of rotatable bonds is 2. The van der Waals surface area contributed by atoms with E-state index in [9.17, 15) is 13.6 Å². The first-order valence-corrected chi connectivity index (χ1v) is 4.98. The zero-order chi connectivity index (χ0) is 11.8. The molecule has 1 N–H and O–H groups in total. The summed E-state index contributed by atoms with van der Waals surface area (Å²) in [4.78, 5) is 14.7. The van der Waals surface area contributed by atoms with E-state index in [1.54, 1.807) is 0 Å². The highest BCUT2D eigenvalue weighted by molar-refractivity contribution is 5.71. The first kappa shape index (κ1) is 11.0. The van der Waals surface area contributed by atoms with Gasteiger partial charge in [-0.25, -0.2) is 13.8 Å². The van der Waals surface area contributed by atoms with Crippen LogP contribution < -0.4 is 0 Å². The molecule has 1 aliphatic carbocycles. The van der Waals surface area contributed by atoms with Gasteiger partial charge in [-0.1, -0.05) is 0 Å². The fourth-order valence-corrected chi connectivity index (χ4v) is 2.15. The van der Waals surface area contributed by atoms with Crippen LogP contribution in [0.5, 0.6) is 0 Å². The van der Waals surface area contributed by atoms with Crippen molar-refractivity contribution in [1.82, 2.24) is 4.98 Å². The molecule has 0 radical (unpaired) electrons. The van der Waals surface area contributed by atoms with Crippen molar-refractivity contribution in [2.75, 3.05) is 0 Å². The van der Waals surface area contributed by atoms with Crippen LogP contribution in [-0.4, -0.2) is 22.0 Å². The Morgan fingerprint density at radius 2 is 2.38 bits per heavy atom. The van der Waals surface area contributed by atoms with E-state index in [1.807, 2.05) is 0 Å². The molecule has 2 rings (SSSR count). The van der Waals surface area contributed by atoms with Gasteiger partial charge in [-0.3, -0.25) is 4.79 Å². The zero-order valence-corrected chi connectivity index (χ0v) is 8.40. The predicted molar refractivity (Wildman–Crippen MR) is 49.2 cm³/mol. The van der Waals surface area contributed by atoms with Crippen LogP contribution in [0.1, 0.15) is 30.9 Å². The molecule has 2 atom stereocenters. The van der Waals surface area contributed by atoms with E-state index in [2.05, 4.69) is 4.98 Å². The Hall–Kier alpha value is -1.46. The van der Waals surface area contributed by atoms with E-state index >= 15 is 0 Å². The number of carboxylic acid groups (broad SMARTS) is 1. The molecule has 1 aliphatic rings. The van der Waals surface area contributed by atoms with Gasteiger partial charge in [0, 0.05) is 18.8 Å². The van der Waals surface area contributed by atoms with Gasteiger partial charge in [-0.15, -0.1) is 0 Å². The molecule has 0 aromatic carbocycles. The quantitative estimate of drug-likeness (QED) is 0.848. The molecule has 2 unspecified atom stereocenters. The van der Waals surface area contributed by atoms with Crippen molar-refractivity contribution < 1.29 is 23.1 Å². The minimum absolute atomic E-state index is 0.0279. The number of carbonyl (C=O) groups is 1. The van der Waals surface area contributed by atoms with Gasteiger partial charge in [-0.2, -0.15) is 0 Å². The van der Waals surface area contributed by atoms with Crippen molar-refractivity contribution in [3.8, 4) is 0 Å². The van der Waals surface area contributed by atoms with Crippen molar-refractivity contribution in [3.63, 3.8) is 0 Å². The van der Waals surface area contributed by atoms with E-state index in [1.165, 1.54) is 6.26 Å². The van der Waals surface area contributed by atoms with Crippen molar-refractivity contribution in [3.05, 3.63) is 18.4 Å². The summed E-state index contributed by atoms with van der Waals surface area (Å²) in [6.07, 6.45) is 1.48. The van der Waals surface area contributed by atoms with Gasteiger partial charge in [0.25, 0.3) is 0 Å². The van der Waals surface area contributed by atoms with Crippen LogP contribution >= 0.6 is 0 Å². The van der Waals surface area contributed by atoms with Crippen molar-refractivity contribution in [2.24, 2.45) is 5.92 Å². The summed E-state index contributed by atoms with van der Waals surface area (Å²) in [6, 6.07) is 0. The van der Waals surface area contributed by atoms with Crippen molar-refractivity contribution in [1.29, 1.82) is 0 Å². The SMILES string of the molecule is O=C(O)C1CCC(F)(F)CC1c1cocn1. The Morgan fingerprint density at radius 3 is 2.94 bits per heavy atom.